The van der Waals surface area contributed by atoms with Crippen LogP contribution in [0.3, 0.4) is 0 Å². The maximum Gasteiger partial charge on any atom is 0.120 e. The van der Waals surface area contributed by atoms with E-state index >= 15 is 0 Å². The Labute approximate surface area is 84.2 Å². The molecule has 1 fully saturated rings. The summed E-state index contributed by atoms with van der Waals surface area (Å²) < 4.78 is 5.69. The summed E-state index contributed by atoms with van der Waals surface area (Å²) in [5, 5.41) is 0. The van der Waals surface area contributed by atoms with Gasteiger partial charge in [-0.15, -0.1) is 0 Å². The van der Waals surface area contributed by atoms with Crippen LogP contribution < -0.4 is 16.0 Å². The zero-order chi connectivity index (χ0) is 9.97. The van der Waals surface area contributed by atoms with Crippen LogP contribution in [-0.4, -0.2) is 6.10 Å². The molecule has 0 amide bonds. The lowest BCUT2D eigenvalue weighted by Crippen LogP contribution is -2.25. The highest BCUT2D eigenvalue weighted by molar-refractivity contribution is 5.30. The van der Waals surface area contributed by atoms with Gasteiger partial charge in [-0.05, 0) is 37.5 Å². The third-order valence-corrected chi connectivity index (χ3v) is 2.44. The molecule has 3 nitrogen and oxygen atoms in total. The van der Waals surface area contributed by atoms with Gasteiger partial charge in [0.1, 0.15) is 5.75 Å². The SMILES string of the molecule is CC(NN)c1cccc(OC2CC2)c1. The molecule has 0 heterocycles. The number of nitrogens with two attached hydrogens (primary N) is 1. The third-order valence-electron chi connectivity index (χ3n) is 2.44. The van der Waals surface area contributed by atoms with E-state index in [2.05, 4.69) is 5.43 Å². The molecule has 1 aromatic carbocycles. The largest absolute Gasteiger partial charge is 0.490 e. The van der Waals surface area contributed by atoms with Gasteiger partial charge in [0.2, 0.25) is 0 Å². The lowest BCUT2D eigenvalue weighted by Gasteiger charge is -2.12. The molecule has 0 bridgehead atoms. The van der Waals surface area contributed by atoms with Gasteiger partial charge in [0.25, 0.3) is 0 Å². The fraction of sp³-hybridized carbons (Fsp3) is 0.455. The summed E-state index contributed by atoms with van der Waals surface area (Å²) in [6.07, 6.45) is 2.83. The minimum absolute atomic E-state index is 0.165. The fourth-order valence-electron chi connectivity index (χ4n) is 1.33. The van der Waals surface area contributed by atoms with Crippen molar-refractivity contribution in [3.63, 3.8) is 0 Å². The quantitative estimate of drug-likeness (QED) is 0.564. The van der Waals surface area contributed by atoms with Crippen LogP contribution in [0.25, 0.3) is 0 Å². The predicted molar refractivity (Wildman–Crippen MR) is 55.8 cm³/mol. The van der Waals surface area contributed by atoms with Crippen molar-refractivity contribution in [2.45, 2.75) is 31.9 Å². The molecule has 0 aliphatic heterocycles. The first-order valence-electron chi connectivity index (χ1n) is 5.02. The lowest BCUT2D eigenvalue weighted by atomic mass is 10.1. The topological polar surface area (TPSA) is 47.3 Å². The normalized spacial score (nSPS) is 17.9. The average Bonchev–Trinajstić information content (AvgIpc) is 3.01. The van der Waals surface area contributed by atoms with Crippen molar-refractivity contribution in [1.29, 1.82) is 0 Å². The number of benzene rings is 1. The zero-order valence-electron chi connectivity index (χ0n) is 8.36. The Bertz CT molecular complexity index is 310. The summed E-state index contributed by atoms with van der Waals surface area (Å²) in [6, 6.07) is 8.25. The molecule has 3 heteroatoms. The van der Waals surface area contributed by atoms with Crippen LogP contribution >= 0.6 is 0 Å². The molecule has 1 aliphatic rings. The molecular formula is C11H16N2O. The summed E-state index contributed by atoms with van der Waals surface area (Å²) in [5.74, 6) is 6.33. The molecule has 0 radical (unpaired) electrons. The second-order valence-corrected chi connectivity index (χ2v) is 3.78. The summed E-state index contributed by atoms with van der Waals surface area (Å²) in [4.78, 5) is 0. The molecular weight excluding hydrogens is 176 g/mol. The second-order valence-electron chi connectivity index (χ2n) is 3.78. The zero-order valence-corrected chi connectivity index (χ0v) is 8.36. The summed E-state index contributed by atoms with van der Waals surface area (Å²) in [5.41, 5.74) is 3.88. The molecule has 76 valence electrons. The Balaban J connectivity index is 2.08. The molecule has 1 saturated carbocycles. The Morgan fingerprint density at radius 2 is 2.29 bits per heavy atom. The van der Waals surface area contributed by atoms with Gasteiger partial charge in [-0.3, -0.25) is 11.3 Å². The number of hydrazine groups is 1. The minimum atomic E-state index is 0.165. The first kappa shape index (κ1) is 9.49. The molecule has 14 heavy (non-hydrogen) atoms. The van der Waals surface area contributed by atoms with Crippen molar-refractivity contribution >= 4 is 0 Å². The monoisotopic (exact) mass is 192 g/mol. The number of hydrogen-bond donors (Lipinski definition) is 2. The van der Waals surface area contributed by atoms with Gasteiger partial charge in [-0.2, -0.15) is 0 Å². The van der Waals surface area contributed by atoms with Crippen LogP contribution in [0.5, 0.6) is 5.75 Å². The molecule has 1 aromatic rings. The third kappa shape index (κ3) is 2.25. The number of nitrogens with one attached hydrogen (secondary N) is 1. The number of hydrogen-bond acceptors (Lipinski definition) is 3. The van der Waals surface area contributed by atoms with Crippen LogP contribution in [0.15, 0.2) is 24.3 Å². The molecule has 0 aromatic heterocycles. The number of ether oxygens (including phenoxy) is 1. The lowest BCUT2D eigenvalue weighted by molar-refractivity contribution is 0.302. The molecule has 0 saturated heterocycles. The van der Waals surface area contributed by atoms with Gasteiger partial charge < -0.3 is 4.74 Å². The van der Waals surface area contributed by atoms with Crippen LogP contribution in [-0.2, 0) is 0 Å². The Hall–Kier alpha value is -1.06. The van der Waals surface area contributed by atoms with Crippen molar-refractivity contribution in [1.82, 2.24) is 5.43 Å². The Morgan fingerprint density at radius 1 is 1.50 bits per heavy atom. The van der Waals surface area contributed by atoms with Gasteiger partial charge in [-0.1, -0.05) is 12.1 Å². The average molecular weight is 192 g/mol. The highest BCUT2D eigenvalue weighted by Gasteiger charge is 2.23. The first-order valence-corrected chi connectivity index (χ1v) is 5.02. The van der Waals surface area contributed by atoms with Gasteiger partial charge >= 0.3 is 0 Å². The second kappa shape index (κ2) is 3.98. The highest BCUT2D eigenvalue weighted by Crippen LogP contribution is 2.28. The van der Waals surface area contributed by atoms with Crippen molar-refractivity contribution in [2.75, 3.05) is 0 Å². The first-order chi connectivity index (χ1) is 6.79. The predicted octanol–water partition coefficient (Wildman–Crippen LogP) is 1.75. The van der Waals surface area contributed by atoms with Crippen molar-refractivity contribution in [2.24, 2.45) is 5.84 Å². The Kier molecular flexibility index (Phi) is 2.70. The van der Waals surface area contributed by atoms with E-state index in [0.29, 0.717) is 6.10 Å². The highest BCUT2D eigenvalue weighted by atomic mass is 16.5. The molecule has 1 atom stereocenters. The molecule has 2 rings (SSSR count). The summed E-state index contributed by atoms with van der Waals surface area (Å²) >= 11 is 0. The smallest absolute Gasteiger partial charge is 0.120 e. The maximum atomic E-state index is 5.69. The van der Waals surface area contributed by atoms with Crippen molar-refractivity contribution in [3.8, 4) is 5.75 Å². The molecule has 1 unspecified atom stereocenters. The molecule has 1 aliphatic carbocycles. The van der Waals surface area contributed by atoms with Crippen LogP contribution in [0.1, 0.15) is 31.4 Å². The minimum Gasteiger partial charge on any atom is -0.490 e. The Morgan fingerprint density at radius 3 is 2.93 bits per heavy atom. The van der Waals surface area contributed by atoms with Crippen LogP contribution in [0, 0.1) is 0 Å². The van der Waals surface area contributed by atoms with Crippen molar-refractivity contribution < 1.29 is 4.74 Å². The van der Waals surface area contributed by atoms with Crippen molar-refractivity contribution in [3.05, 3.63) is 29.8 Å². The van der Waals surface area contributed by atoms with Gasteiger partial charge in [0.05, 0.1) is 6.10 Å². The van der Waals surface area contributed by atoms with Crippen LogP contribution in [0.2, 0.25) is 0 Å². The van der Waals surface area contributed by atoms with Gasteiger partial charge in [0, 0.05) is 6.04 Å². The fourth-order valence-corrected chi connectivity index (χ4v) is 1.33. The summed E-state index contributed by atoms with van der Waals surface area (Å²) in [7, 11) is 0. The molecule has 0 spiro atoms. The van der Waals surface area contributed by atoms with E-state index in [1.54, 1.807) is 0 Å². The van der Waals surface area contributed by atoms with E-state index in [1.165, 1.54) is 12.8 Å². The van der Waals surface area contributed by atoms with Gasteiger partial charge in [0.15, 0.2) is 0 Å². The van der Waals surface area contributed by atoms with E-state index in [-0.39, 0.29) is 6.04 Å². The van der Waals surface area contributed by atoms with E-state index in [9.17, 15) is 0 Å². The molecule has 3 N–H and O–H groups in total. The van der Waals surface area contributed by atoms with E-state index in [1.807, 2.05) is 31.2 Å². The summed E-state index contributed by atoms with van der Waals surface area (Å²) in [6.45, 7) is 2.02. The number of rotatable bonds is 4. The van der Waals surface area contributed by atoms with Gasteiger partial charge in [-0.25, -0.2) is 0 Å². The van der Waals surface area contributed by atoms with E-state index in [0.717, 1.165) is 11.3 Å². The van der Waals surface area contributed by atoms with E-state index < -0.39 is 0 Å². The maximum absolute atomic E-state index is 5.69. The standard InChI is InChI=1S/C11H16N2O/c1-8(13-12)9-3-2-4-11(7-9)14-10-5-6-10/h2-4,7-8,10,13H,5-6,12H2,1H3. The van der Waals surface area contributed by atoms with E-state index in [4.69, 9.17) is 10.6 Å². The van der Waals surface area contributed by atoms with Crippen LogP contribution in [0.4, 0.5) is 0 Å².